The van der Waals surface area contributed by atoms with Crippen LogP contribution in [0.1, 0.15) is 9.67 Å². The number of carbonyl (C=O) groups excluding carboxylic acids is 2. The second kappa shape index (κ2) is 3.16. The largest absolute Gasteiger partial charge is 0.365 e. The Kier molecular flexibility index (Phi) is 2.22. The molecule has 0 saturated heterocycles. The maximum absolute atomic E-state index is 10.6. The summed E-state index contributed by atoms with van der Waals surface area (Å²) < 4.78 is 0. The van der Waals surface area contributed by atoms with Gasteiger partial charge >= 0.3 is 0 Å². The Labute approximate surface area is 67.0 Å². The van der Waals surface area contributed by atoms with Gasteiger partial charge in [-0.2, -0.15) is 0 Å². The SMILES string of the molecule is NC(=O)c1sccc1NC=O. The number of nitrogens with one attached hydrogen (secondary N) is 1. The normalized spacial score (nSPS) is 9.09. The van der Waals surface area contributed by atoms with E-state index < -0.39 is 5.91 Å². The van der Waals surface area contributed by atoms with Crippen molar-refractivity contribution in [1.29, 1.82) is 0 Å². The fraction of sp³-hybridized carbons (Fsp3) is 0. The quantitative estimate of drug-likeness (QED) is 0.645. The molecular weight excluding hydrogens is 164 g/mol. The highest BCUT2D eigenvalue weighted by Gasteiger charge is 2.07. The monoisotopic (exact) mass is 170 g/mol. The first-order valence-corrected chi connectivity index (χ1v) is 3.71. The molecule has 2 amide bonds. The van der Waals surface area contributed by atoms with Crippen LogP contribution in [0.15, 0.2) is 11.4 Å². The first-order valence-electron chi connectivity index (χ1n) is 2.83. The number of hydrogen-bond donors (Lipinski definition) is 2. The third-order valence-corrected chi connectivity index (χ3v) is 2.03. The zero-order chi connectivity index (χ0) is 8.27. The maximum atomic E-state index is 10.6. The molecule has 0 fully saturated rings. The molecule has 0 aliphatic rings. The fourth-order valence-corrected chi connectivity index (χ4v) is 1.39. The molecule has 0 saturated carbocycles. The second-order valence-corrected chi connectivity index (χ2v) is 2.71. The Hall–Kier alpha value is -1.36. The number of rotatable bonds is 3. The van der Waals surface area contributed by atoms with Crippen molar-refractivity contribution < 1.29 is 9.59 Å². The van der Waals surface area contributed by atoms with Crippen molar-refractivity contribution in [1.82, 2.24) is 0 Å². The third-order valence-electron chi connectivity index (χ3n) is 1.10. The van der Waals surface area contributed by atoms with Gasteiger partial charge in [-0.1, -0.05) is 0 Å². The third kappa shape index (κ3) is 1.56. The number of nitrogens with two attached hydrogens (primary N) is 1. The van der Waals surface area contributed by atoms with E-state index in [1.807, 2.05) is 0 Å². The van der Waals surface area contributed by atoms with Gasteiger partial charge in [0.1, 0.15) is 4.88 Å². The summed E-state index contributed by atoms with van der Waals surface area (Å²) in [5.41, 5.74) is 5.47. The van der Waals surface area contributed by atoms with Crippen LogP contribution >= 0.6 is 11.3 Å². The first kappa shape index (κ1) is 7.74. The Bertz CT molecular complexity index is 282. The molecule has 0 spiro atoms. The maximum Gasteiger partial charge on any atom is 0.260 e. The zero-order valence-corrected chi connectivity index (χ0v) is 6.35. The van der Waals surface area contributed by atoms with Crippen LogP contribution in [0.4, 0.5) is 5.69 Å². The van der Waals surface area contributed by atoms with E-state index >= 15 is 0 Å². The predicted octanol–water partition coefficient (Wildman–Crippen LogP) is 0.415. The van der Waals surface area contributed by atoms with Crippen molar-refractivity contribution in [3.63, 3.8) is 0 Å². The lowest BCUT2D eigenvalue weighted by atomic mass is 10.4. The molecule has 11 heavy (non-hydrogen) atoms. The molecule has 4 nitrogen and oxygen atoms in total. The van der Waals surface area contributed by atoms with Crippen LogP contribution in [0.3, 0.4) is 0 Å². The molecule has 0 atom stereocenters. The summed E-state index contributed by atoms with van der Waals surface area (Å²) >= 11 is 1.20. The molecule has 0 aliphatic carbocycles. The fourth-order valence-electron chi connectivity index (χ4n) is 0.677. The summed E-state index contributed by atoms with van der Waals surface area (Å²) in [6.07, 6.45) is 0.508. The second-order valence-electron chi connectivity index (χ2n) is 1.79. The molecular formula is C6H6N2O2S. The summed E-state index contributed by atoms with van der Waals surface area (Å²) in [5, 5.41) is 4.05. The topological polar surface area (TPSA) is 72.2 Å². The predicted molar refractivity (Wildman–Crippen MR) is 42.5 cm³/mol. The van der Waals surface area contributed by atoms with E-state index in [9.17, 15) is 9.59 Å². The Morgan fingerprint density at radius 1 is 1.73 bits per heavy atom. The lowest BCUT2D eigenvalue weighted by molar-refractivity contribution is -0.105. The van der Waals surface area contributed by atoms with Gasteiger partial charge in [0, 0.05) is 0 Å². The van der Waals surface area contributed by atoms with Gasteiger partial charge in [0.2, 0.25) is 6.41 Å². The highest BCUT2D eigenvalue weighted by molar-refractivity contribution is 7.12. The average Bonchev–Trinajstić information content (AvgIpc) is 2.36. The Morgan fingerprint density at radius 3 is 3.00 bits per heavy atom. The lowest BCUT2D eigenvalue weighted by Gasteiger charge is -1.94. The minimum absolute atomic E-state index is 0.372. The van der Waals surface area contributed by atoms with Crippen LogP contribution < -0.4 is 11.1 Å². The number of hydrogen-bond acceptors (Lipinski definition) is 3. The summed E-state index contributed by atoms with van der Waals surface area (Å²) in [6.45, 7) is 0. The lowest BCUT2D eigenvalue weighted by Crippen LogP contribution is -2.11. The van der Waals surface area contributed by atoms with Crippen molar-refractivity contribution in [3.05, 3.63) is 16.3 Å². The molecule has 0 aromatic carbocycles. The Balaban J connectivity index is 2.95. The van der Waals surface area contributed by atoms with Crippen LogP contribution in [0.5, 0.6) is 0 Å². The first-order chi connectivity index (χ1) is 5.25. The standard InChI is InChI=1S/C6H6N2O2S/c7-6(10)5-4(8-3-9)1-2-11-5/h1-3H,(H2,7,10)(H,8,9). The van der Waals surface area contributed by atoms with Gasteiger partial charge in [-0.15, -0.1) is 11.3 Å². The molecule has 0 aliphatic heterocycles. The summed E-state index contributed by atoms with van der Waals surface area (Å²) in [5.74, 6) is -0.524. The smallest absolute Gasteiger partial charge is 0.260 e. The summed E-state index contributed by atoms with van der Waals surface area (Å²) in [6, 6.07) is 1.62. The number of primary amides is 1. The minimum Gasteiger partial charge on any atom is -0.365 e. The molecule has 0 radical (unpaired) electrons. The molecule has 58 valence electrons. The average molecular weight is 170 g/mol. The van der Waals surface area contributed by atoms with Crippen molar-refractivity contribution in [3.8, 4) is 0 Å². The molecule has 1 aromatic rings. The van der Waals surface area contributed by atoms with Crippen LogP contribution in [0.25, 0.3) is 0 Å². The van der Waals surface area contributed by atoms with Crippen LogP contribution in [-0.4, -0.2) is 12.3 Å². The van der Waals surface area contributed by atoms with E-state index in [4.69, 9.17) is 5.73 Å². The molecule has 1 heterocycles. The highest BCUT2D eigenvalue weighted by atomic mass is 32.1. The zero-order valence-electron chi connectivity index (χ0n) is 5.53. The molecule has 1 rings (SSSR count). The summed E-state index contributed by atoms with van der Waals surface area (Å²) in [4.78, 5) is 21.0. The van der Waals surface area contributed by atoms with E-state index in [0.29, 0.717) is 17.0 Å². The number of amides is 2. The van der Waals surface area contributed by atoms with Crippen molar-refractivity contribution in [2.45, 2.75) is 0 Å². The van der Waals surface area contributed by atoms with E-state index in [1.54, 1.807) is 11.4 Å². The van der Waals surface area contributed by atoms with Gasteiger partial charge in [-0.25, -0.2) is 0 Å². The van der Waals surface area contributed by atoms with Crippen LogP contribution in [-0.2, 0) is 4.79 Å². The van der Waals surface area contributed by atoms with E-state index in [1.165, 1.54) is 11.3 Å². The van der Waals surface area contributed by atoms with Gasteiger partial charge in [0.15, 0.2) is 0 Å². The van der Waals surface area contributed by atoms with E-state index in [2.05, 4.69) is 5.32 Å². The van der Waals surface area contributed by atoms with Gasteiger partial charge < -0.3 is 11.1 Å². The highest BCUT2D eigenvalue weighted by Crippen LogP contribution is 2.20. The van der Waals surface area contributed by atoms with Crippen molar-refractivity contribution >= 4 is 29.3 Å². The van der Waals surface area contributed by atoms with Crippen molar-refractivity contribution in [2.24, 2.45) is 5.73 Å². The number of anilines is 1. The summed E-state index contributed by atoms with van der Waals surface area (Å²) in [7, 11) is 0. The molecule has 3 N–H and O–H groups in total. The van der Waals surface area contributed by atoms with E-state index in [-0.39, 0.29) is 0 Å². The minimum atomic E-state index is -0.524. The molecule has 0 bridgehead atoms. The van der Waals surface area contributed by atoms with Gasteiger partial charge in [0.25, 0.3) is 5.91 Å². The Morgan fingerprint density at radius 2 is 2.45 bits per heavy atom. The van der Waals surface area contributed by atoms with Crippen molar-refractivity contribution in [2.75, 3.05) is 5.32 Å². The van der Waals surface area contributed by atoms with Gasteiger partial charge in [0.05, 0.1) is 5.69 Å². The number of thiophene rings is 1. The molecule has 1 aromatic heterocycles. The molecule has 0 unspecified atom stereocenters. The van der Waals surface area contributed by atoms with Gasteiger partial charge in [-0.05, 0) is 11.4 Å². The van der Waals surface area contributed by atoms with Gasteiger partial charge in [-0.3, -0.25) is 9.59 Å². The molecule has 5 heteroatoms. The number of carbonyl (C=O) groups is 2. The van der Waals surface area contributed by atoms with Crippen LogP contribution in [0, 0.1) is 0 Å². The van der Waals surface area contributed by atoms with E-state index in [0.717, 1.165) is 0 Å². The van der Waals surface area contributed by atoms with Crippen LogP contribution in [0.2, 0.25) is 0 Å².